The van der Waals surface area contributed by atoms with Crippen molar-refractivity contribution in [2.75, 3.05) is 12.3 Å². The van der Waals surface area contributed by atoms with Crippen molar-refractivity contribution < 1.29 is 4.79 Å². The minimum absolute atomic E-state index is 0.00130. The minimum atomic E-state index is -0.0700. The van der Waals surface area contributed by atoms with Crippen LogP contribution in [-0.2, 0) is 18.7 Å². The normalized spacial score (nSPS) is 19.1. The number of rotatable bonds is 3. The summed E-state index contributed by atoms with van der Waals surface area (Å²) in [5.41, 5.74) is 4.36. The Balaban J connectivity index is 1.39. The molecule has 28 heavy (non-hydrogen) atoms. The highest BCUT2D eigenvalue weighted by molar-refractivity contribution is 7.98. The van der Waals surface area contributed by atoms with E-state index < -0.39 is 0 Å². The van der Waals surface area contributed by atoms with Gasteiger partial charge < -0.3 is 9.88 Å². The van der Waals surface area contributed by atoms with Crippen molar-refractivity contribution in [1.82, 2.24) is 24.6 Å². The Morgan fingerprint density at radius 2 is 2.25 bits per heavy atom. The lowest BCUT2D eigenvalue weighted by molar-refractivity contribution is 0.0720. The lowest BCUT2D eigenvalue weighted by Gasteiger charge is -2.25. The molecule has 5 rings (SSSR count). The number of fused-ring (bicyclic) bond motifs is 2. The van der Waals surface area contributed by atoms with Gasteiger partial charge in [0.2, 0.25) is 0 Å². The van der Waals surface area contributed by atoms with E-state index in [4.69, 9.17) is 0 Å². The number of amides is 1. The number of nitrogens with zero attached hydrogens (tertiary/aromatic N) is 4. The van der Waals surface area contributed by atoms with Gasteiger partial charge >= 0.3 is 0 Å². The predicted molar refractivity (Wildman–Crippen MR) is 109 cm³/mol. The lowest BCUT2D eigenvalue weighted by atomic mass is 10.1. The maximum absolute atomic E-state index is 13.1. The highest BCUT2D eigenvalue weighted by Crippen LogP contribution is 2.24. The maximum Gasteiger partial charge on any atom is 0.267 e. The number of H-pyrrole nitrogens is 1. The fourth-order valence-electron chi connectivity index (χ4n) is 4.11. The molecule has 4 heterocycles. The van der Waals surface area contributed by atoms with Gasteiger partial charge in [-0.2, -0.15) is 16.9 Å². The first-order chi connectivity index (χ1) is 13.7. The third-order valence-corrected chi connectivity index (χ3v) is 6.60. The van der Waals surface area contributed by atoms with Gasteiger partial charge in [0.05, 0.1) is 35.6 Å². The summed E-state index contributed by atoms with van der Waals surface area (Å²) in [6.45, 7) is 1.16. The Bertz CT molecular complexity index is 1110. The first-order valence-electron chi connectivity index (χ1n) is 9.61. The van der Waals surface area contributed by atoms with Gasteiger partial charge in [-0.25, -0.2) is 9.67 Å². The van der Waals surface area contributed by atoms with Gasteiger partial charge in [0.25, 0.3) is 11.5 Å². The topological polar surface area (TPSA) is 83.9 Å². The van der Waals surface area contributed by atoms with E-state index in [1.807, 2.05) is 34.9 Å². The van der Waals surface area contributed by atoms with Crippen LogP contribution in [0.4, 0.5) is 0 Å². The SMILES string of the molecule is O=C(c1ccc2nc[nH]c2c1)N1CCCC1Cn1nc2c(cc1=O)CSCC2. The molecule has 1 aromatic carbocycles. The van der Waals surface area contributed by atoms with Crippen LogP contribution in [0.2, 0.25) is 0 Å². The monoisotopic (exact) mass is 395 g/mol. The lowest BCUT2D eigenvalue weighted by Crippen LogP contribution is -2.41. The summed E-state index contributed by atoms with van der Waals surface area (Å²) in [6.07, 6.45) is 4.36. The Labute approximate surface area is 166 Å². The zero-order valence-corrected chi connectivity index (χ0v) is 16.2. The van der Waals surface area contributed by atoms with E-state index in [9.17, 15) is 9.59 Å². The number of thioether (sulfide) groups is 1. The molecule has 1 atom stereocenters. The number of aryl methyl sites for hydroxylation is 1. The molecular formula is C20H21N5O2S. The molecular weight excluding hydrogens is 374 g/mol. The van der Waals surface area contributed by atoms with E-state index in [-0.39, 0.29) is 17.5 Å². The van der Waals surface area contributed by atoms with E-state index in [2.05, 4.69) is 15.1 Å². The highest BCUT2D eigenvalue weighted by atomic mass is 32.2. The minimum Gasteiger partial charge on any atom is -0.345 e. The quantitative estimate of drug-likeness (QED) is 0.735. The number of carbonyl (C=O) groups excluding carboxylic acids is 1. The molecule has 0 saturated carbocycles. The number of imidazole rings is 1. The average molecular weight is 395 g/mol. The molecule has 1 saturated heterocycles. The third-order valence-electron chi connectivity index (χ3n) is 5.59. The second-order valence-corrected chi connectivity index (χ2v) is 8.47. The molecule has 0 bridgehead atoms. The predicted octanol–water partition coefficient (Wildman–Crippen LogP) is 2.21. The zero-order valence-electron chi connectivity index (χ0n) is 15.4. The molecule has 2 aliphatic heterocycles. The summed E-state index contributed by atoms with van der Waals surface area (Å²) in [6, 6.07) is 7.24. The van der Waals surface area contributed by atoms with E-state index in [1.165, 1.54) is 0 Å². The van der Waals surface area contributed by atoms with Gasteiger partial charge in [-0.05, 0) is 42.4 Å². The van der Waals surface area contributed by atoms with Crippen LogP contribution in [0, 0.1) is 0 Å². The Morgan fingerprint density at radius 3 is 3.18 bits per heavy atom. The number of aromatic amines is 1. The molecule has 1 amide bonds. The molecule has 8 heteroatoms. The van der Waals surface area contributed by atoms with Gasteiger partial charge in [0, 0.05) is 30.3 Å². The van der Waals surface area contributed by atoms with Crippen molar-refractivity contribution in [1.29, 1.82) is 0 Å². The Morgan fingerprint density at radius 1 is 1.32 bits per heavy atom. The van der Waals surface area contributed by atoms with E-state index in [0.29, 0.717) is 18.7 Å². The second kappa shape index (κ2) is 7.09. The average Bonchev–Trinajstić information content (AvgIpc) is 3.36. The molecule has 1 fully saturated rings. The summed E-state index contributed by atoms with van der Waals surface area (Å²) in [4.78, 5) is 34.8. The fourth-order valence-corrected chi connectivity index (χ4v) is 5.06. The zero-order chi connectivity index (χ0) is 19.1. The van der Waals surface area contributed by atoms with E-state index in [0.717, 1.165) is 53.1 Å². The molecule has 144 valence electrons. The van der Waals surface area contributed by atoms with Crippen LogP contribution in [-0.4, -0.2) is 48.9 Å². The number of carbonyl (C=O) groups is 1. The highest BCUT2D eigenvalue weighted by Gasteiger charge is 2.30. The number of likely N-dealkylation sites (tertiary alicyclic amines) is 1. The molecule has 1 unspecified atom stereocenters. The van der Waals surface area contributed by atoms with Gasteiger partial charge in [-0.15, -0.1) is 0 Å². The summed E-state index contributed by atoms with van der Waals surface area (Å²) in [5.74, 6) is 1.91. The van der Waals surface area contributed by atoms with E-state index >= 15 is 0 Å². The van der Waals surface area contributed by atoms with Gasteiger partial charge in [-0.3, -0.25) is 9.59 Å². The first kappa shape index (κ1) is 17.5. The van der Waals surface area contributed by atoms with Crippen molar-refractivity contribution >= 4 is 28.7 Å². The van der Waals surface area contributed by atoms with Crippen LogP contribution in [0.1, 0.15) is 34.5 Å². The summed E-state index contributed by atoms with van der Waals surface area (Å²) in [5, 5.41) is 4.62. The molecule has 3 aromatic rings. The smallest absolute Gasteiger partial charge is 0.267 e. The van der Waals surface area contributed by atoms with Crippen molar-refractivity contribution in [2.45, 2.75) is 37.6 Å². The molecule has 0 radical (unpaired) electrons. The van der Waals surface area contributed by atoms with E-state index in [1.54, 1.807) is 17.1 Å². The van der Waals surface area contributed by atoms with Crippen molar-refractivity contribution in [3.8, 4) is 0 Å². The molecule has 2 aliphatic rings. The van der Waals surface area contributed by atoms with Crippen LogP contribution in [0.3, 0.4) is 0 Å². The summed E-state index contributed by atoms with van der Waals surface area (Å²) >= 11 is 1.84. The molecule has 1 N–H and O–H groups in total. The van der Waals surface area contributed by atoms with Crippen LogP contribution in [0.15, 0.2) is 35.4 Å². The molecule has 0 aliphatic carbocycles. The standard InChI is InChI=1S/C20H21N5O2S/c26-19-9-14-11-28-7-5-16(14)23-25(19)10-15-2-1-6-24(15)20(27)13-3-4-17-18(8-13)22-12-21-17/h3-4,8-9,12,15H,1-2,5-7,10-11H2,(H,21,22). The number of hydrogen-bond acceptors (Lipinski definition) is 5. The molecule has 2 aromatic heterocycles. The van der Waals surface area contributed by atoms with Crippen LogP contribution < -0.4 is 5.56 Å². The van der Waals surface area contributed by atoms with Crippen molar-refractivity contribution in [3.05, 3.63) is 57.8 Å². The largest absolute Gasteiger partial charge is 0.345 e. The van der Waals surface area contributed by atoms with Gasteiger partial charge in [-0.1, -0.05) is 0 Å². The van der Waals surface area contributed by atoms with Crippen LogP contribution in [0.25, 0.3) is 11.0 Å². The maximum atomic E-state index is 13.1. The molecule has 7 nitrogen and oxygen atoms in total. The first-order valence-corrected chi connectivity index (χ1v) is 10.8. The van der Waals surface area contributed by atoms with Gasteiger partial charge in [0.15, 0.2) is 0 Å². The number of hydrogen-bond donors (Lipinski definition) is 1. The van der Waals surface area contributed by atoms with Crippen LogP contribution in [0.5, 0.6) is 0 Å². The fraction of sp³-hybridized carbons (Fsp3) is 0.400. The number of benzene rings is 1. The van der Waals surface area contributed by atoms with Crippen molar-refractivity contribution in [3.63, 3.8) is 0 Å². The molecule has 0 spiro atoms. The van der Waals surface area contributed by atoms with Crippen LogP contribution >= 0.6 is 11.8 Å². The van der Waals surface area contributed by atoms with Crippen molar-refractivity contribution in [2.24, 2.45) is 0 Å². The second-order valence-electron chi connectivity index (χ2n) is 7.37. The number of aromatic nitrogens is 4. The summed E-state index contributed by atoms with van der Waals surface area (Å²) in [7, 11) is 0. The van der Waals surface area contributed by atoms with Gasteiger partial charge in [0.1, 0.15) is 0 Å². The third kappa shape index (κ3) is 3.11. The Hall–Kier alpha value is -2.61. The Kier molecular flexibility index (Phi) is 4.43. The number of nitrogens with one attached hydrogen (secondary N) is 1. The summed E-state index contributed by atoms with van der Waals surface area (Å²) < 4.78 is 1.56.